The predicted octanol–water partition coefficient (Wildman–Crippen LogP) is 5.66. The molecule has 0 saturated heterocycles. The molecule has 2 rings (SSSR count). The molecule has 0 amide bonds. The minimum atomic E-state index is -0.452. The molecule has 0 bridgehead atoms. The summed E-state index contributed by atoms with van der Waals surface area (Å²) in [4.78, 5) is 24.7. The third-order valence-corrected chi connectivity index (χ3v) is 4.66. The van der Waals surface area contributed by atoms with E-state index in [9.17, 15) is 9.59 Å². The predicted molar refractivity (Wildman–Crippen MR) is 117 cm³/mol. The van der Waals surface area contributed by atoms with Gasteiger partial charge in [0.25, 0.3) is 0 Å². The Kier molecular flexibility index (Phi) is 7.86. The quantitative estimate of drug-likeness (QED) is 0.444. The van der Waals surface area contributed by atoms with Gasteiger partial charge in [-0.1, -0.05) is 33.8 Å². The second-order valence-electron chi connectivity index (χ2n) is 7.59. The van der Waals surface area contributed by atoms with Gasteiger partial charge in [-0.25, -0.2) is 9.59 Å². The van der Waals surface area contributed by atoms with Crippen molar-refractivity contribution < 1.29 is 23.8 Å². The van der Waals surface area contributed by atoms with Gasteiger partial charge in [0.15, 0.2) is 0 Å². The molecule has 0 saturated carbocycles. The second kappa shape index (κ2) is 10.1. The molecule has 0 fully saturated rings. The van der Waals surface area contributed by atoms with Crippen molar-refractivity contribution >= 4 is 17.6 Å². The van der Waals surface area contributed by atoms with Crippen molar-refractivity contribution in [1.82, 2.24) is 0 Å². The summed E-state index contributed by atoms with van der Waals surface area (Å²) in [5.74, 6) is 0.215. The maximum atomic E-state index is 12.7. The van der Waals surface area contributed by atoms with Gasteiger partial charge in [-0.15, -0.1) is 0 Å². The van der Waals surface area contributed by atoms with Gasteiger partial charge in [0, 0.05) is 0 Å². The third-order valence-electron chi connectivity index (χ3n) is 4.66. The van der Waals surface area contributed by atoms with Gasteiger partial charge in [0.05, 0.1) is 24.5 Å². The summed E-state index contributed by atoms with van der Waals surface area (Å²) < 4.78 is 16.4. The Morgan fingerprint density at radius 2 is 1.53 bits per heavy atom. The summed E-state index contributed by atoms with van der Waals surface area (Å²) in [5, 5.41) is 0. The van der Waals surface area contributed by atoms with Crippen LogP contribution in [0.4, 0.5) is 5.69 Å². The molecule has 0 spiro atoms. The number of ether oxygens (including phenoxy) is 3. The van der Waals surface area contributed by atoms with Crippen LogP contribution in [0.1, 0.15) is 85.2 Å². The number of esters is 2. The van der Waals surface area contributed by atoms with Gasteiger partial charge >= 0.3 is 11.9 Å². The Labute approximate surface area is 178 Å². The van der Waals surface area contributed by atoms with Gasteiger partial charge in [0.1, 0.15) is 17.1 Å². The molecule has 30 heavy (non-hydrogen) atoms. The van der Waals surface area contributed by atoms with Gasteiger partial charge < -0.3 is 19.9 Å². The summed E-state index contributed by atoms with van der Waals surface area (Å²) >= 11 is 0. The second-order valence-corrected chi connectivity index (χ2v) is 7.59. The fraction of sp³-hybridized carbons (Fsp3) is 0.417. The van der Waals surface area contributed by atoms with Crippen molar-refractivity contribution in [2.75, 3.05) is 18.9 Å². The molecule has 0 atom stereocenters. The van der Waals surface area contributed by atoms with Crippen LogP contribution in [0, 0.1) is 0 Å². The van der Waals surface area contributed by atoms with Crippen molar-refractivity contribution in [3.05, 3.63) is 52.6 Å². The Hall–Kier alpha value is -3.02. The first-order valence-electron chi connectivity index (χ1n) is 10.3. The van der Waals surface area contributed by atoms with Crippen LogP contribution >= 0.6 is 0 Å². The van der Waals surface area contributed by atoms with Crippen molar-refractivity contribution in [2.24, 2.45) is 0 Å². The van der Waals surface area contributed by atoms with E-state index in [0.29, 0.717) is 22.6 Å². The van der Waals surface area contributed by atoms with E-state index in [-0.39, 0.29) is 30.7 Å². The summed E-state index contributed by atoms with van der Waals surface area (Å²) in [6, 6.07) is 8.57. The average Bonchev–Trinajstić information content (AvgIpc) is 2.69. The largest absolute Gasteiger partial charge is 0.462 e. The summed E-state index contributed by atoms with van der Waals surface area (Å²) in [7, 11) is 0. The number of hydrogen-bond donors (Lipinski definition) is 1. The summed E-state index contributed by atoms with van der Waals surface area (Å²) in [6.07, 6.45) is 0. The lowest BCUT2D eigenvalue weighted by Gasteiger charge is -2.21. The number of rotatable bonds is 8. The maximum absolute atomic E-state index is 12.7. The molecule has 162 valence electrons. The van der Waals surface area contributed by atoms with E-state index < -0.39 is 11.9 Å². The molecule has 0 aliphatic rings. The standard InChI is InChI=1S/C24H31NO5/c1-7-28-23(26)16-9-10-21(20(25)13-16)30-22-18(15(5)6)11-17(14(3)4)12-19(22)24(27)29-8-2/h9-15H,7-8,25H2,1-6H3. The minimum absolute atomic E-state index is 0.104. The molecule has 0 radical (unpaired) electrons. The molecule has 0 aromatic heterocycles. The SMILES string of the molecule is CCOC(=O)c1ccc(Oc2c(C(=O)OCC)cc(C(C)C)cc2C(C)C)c(N)c1. The first-order valence-corrected chi connectivity index (χ1v) is 10.3. The van der Waals surface area contributed by atoms with Crippen LogP contribution in [0.5, 0.6) is 11.5 Å². The lowest BCUT2D eigenvalue weighted by molar-refractivity contribution is 0.0515. The molecule has 2 N–H and O–H groups in total. The number of carbonyl (C=O) groups excluding carboxylic acids is 2. The van der Waals surface area contributed by atoms with E-state index in [1.807, 2.05) is 19.9 Å². The highest BCUT2D eigenvalue weighted by Gasteiger charge is 2.23. The van der Waals surface area contributed by atoms with E-state index in [1.165, 1.54) is 6.07 Å². The first kappa shape index (κ1) is 23.3. The lowest BCUT2D eigenvalue weighted by atomic mass is 9.92. The van der Waals surface area contributed by atoms with Crippen LogP contribution in [-0.2, 0) is 9.47 Å². The fourth-order valence-electron chi connectivity index (χ4n) is 3.00. The highest BCUT2D eigenvalue weighted by molar-refractivity contribution is 5.94. The van der Waals surface area contributed by atoms with Gasteiger partial charge in [-0.05, 0) is 61.1 Å². The van der Waals surface area contributed by atoms with E-state index in [4.69, 9.17) is 19.9 Å². The molecular weight excluding hydrogens is 382 g/mol. The summed E-state index contributed by atoms with van der Waals surface area (Å²) in [5.41, 5.74) is 9.04. The number of anilines is 1. The fourth-order valence-corrected chi connectivity index (χ4v) is 3.00. The number of hydrogen-bond acceptors (Lipinski definition) is 6. The number of nitrogen functional groups attached to an aromatic ring is 1. The van der Waals surface area contributed by atoms with Crippen LogP contribution in [0.15, 0.2) is 30.3 Å². The molecule has 0 unspecified atom stereocenters. The van der Waals surface area contributed by atoms with Gasteiger partial charge in [-0.3, -0.25) is 0 Å². The molecular formula is C24H31NO5. The topological polar surface area (TPSA) is 87.8 Å². The molecule has 0 heterocycles. The zero-order valence-corrected chi connectivity index (χ0v) is 18.6. The minimum Gasteiger partial charge on any atom is -0.462 e. The van der Waals surface area contributed by atoms with Gasteiger partial charge in [0.2, 0.25) is 0 Å². The van der Waals surface area contributed by atoms with E-state index in [0.717, 1.165) is 11.1 Å². The molecule has 2 aromatic carbocycles. The Balaban J connectivity index is 2.56. The highest BCUT2D eigenvalue weighted by atomic mass is 16.5. The Bertz CT molecular complexity index is 918. The first-order chi connectivity index (χ1) is 14.2. The van der Waals surface area contributed by atoms with Crippen LogP contribution in [0.25, 0.3) is 0 Å². The smallest absolute Gasteiger partial charge is 0.341 e. The van der Waals surface area contributed by atoms with Crippen molar-refractivity contribution in [3.8, 4) is 11.5 Å². The molecule has 0 aliphatic heterocycles. The van der Waals surface area contributed by atoms with Crippen LogP contribution in [0.3, 0.4) is 0 Å². The average molecular weight is 414 g/mol. The number of benzene rings is 2. The van der Waals surface area contributed by atoms with Crippen LogP contribution < -0.4 is 10.5 Å². The third kappa shape index (κ3) is 5.32. The zero-order valence-electron chi connectivity index (χ0n) is 18.6. The van der Waals surface area contributed by atoms with Crippen molar-refractivity contribution in [2.45, 2.75) is 53.4 Å². The maximum Gasteiger partial charge on any atom is 0.341 e. The molecule has 0 aliphatic carbocycles. The van der Waals surface area contributed by atoms with Crippen LogP contribution in [-0.4, -0.2) is 25.2 Å². The monoisotopic (exact) mass is 413 g/mol. The van der Waals surface area contributed by atoms with E-state index in [2.05, 4.69) is 19.9 Å². The van der Waals surface area contributed by atoms with Gasteiger partial charge in [-0.2, -0.15) is 0 Å². The molecule has 2 aromatic rings. The number of nitrogens with two attached hydrogens (primary N) is 1. The Morgan fingerprint density at radius 1 is 0.900 bits per heavy atom. The highest BCUT2D eigenvalue weighted by Crippen LogP contribution is 2.39. The van der Waals surface area contributed by atoms with Crippen molar-refractivity contribution in [1.29, 1.82) is 0 Å². The van der Waals surface area contributed by atoms with Crippen molar-refractivity contribution in [3.63, 3.8) is 0 Å². The summed E-state index contributed by atoms with van der Waals surface area (Å²) in [6.45, 7) is 12.3. The van der Waals surface area contributed by atoms with Crippen LogP contribution in [0.2, 0.25) is 0 Å². The van der Waals surface area contributed by atoms with E-state index >= 15 is 0 Å². The zero-order chi connectivity index (χ0) is 22.4. The van der Waals surface area contributed by atoms with E-state index in [1.54, 1.807) is 26.0 Å². The number of carbonyl (C=O) groups is 2. The molecule has 6 nitrogen and oxygen atoms in total. The normalized spacial score (nSPS) is 10.9. The molecule has 6 heteroatoms. The Morgan fingerprint density at radius 3 is 2.07 bits per heavy atom. The lowest BCUT2D eigenvalue weighted by Crippen LogP contribution is -2.11.